The van der Waals surface area contributed by atoms with Crippen LogP contribution < -0.4 is 10.2 Å². The van der Waals surface area contributed by atoms with Gasteiger partial charge in [-0.15, -0.1) is 0 Å². The first kappa shape index (κ1) is 17.2. The van der Waals surface area contributed by atoms with E-state index >= 15 is 0 Å². The zero-order chi connectivity index (χ0) is 18.0. The van der Waals surface area contributed by atoms with Crippen molar-refractivity contribution in [3.8, 4) is 0 Å². The lowest BCUT2D eigenvalue weighted by atomic mass is 10.2. The summed E-state index contributed by atoms with van der Waals surface area (Å²) in [5.74, 6) is -1.32. The summed E-state index contributed by atoms with van der Waals surface area (Å²) in [4.78, 5) is 15.3. The topological polar surface area (TPSA) is 53.4 Å². The number of aryl methyl sites for hydroxylation is 1. The number of urea groups is 1. The molecule has 25 heavy (non-hydrogen) atoms. The quantitative estimate of drug-likeness (QED) is 0.923. The van der Waals surface area contributed by atoms with E-state index in [0.29, 0.717) is 19.6 Å². The number of nitrogens with zero attached hydrogens (tertiary/aromatic N) is 4. The number of hydrogen-bond donors (Lipinski definition) is 1. The SMILES string of the molecule is CN(Cc1cnn(C)c1)C(=O)Nc1cc(F)c(N2CCCC2)c(F)c1. The van der Waals surface area contributed by atoms with Crippen LogP contribution in [-0.2, 0) is 13.6 Å². The van der Waals surface area contributed by atoms with Crippen molar-refractivity contribution in [2.75, 3.05) is 30.4 Å². The molecule has 1 fully saturated rings. The number of rotatable bonds is 4. The third kappa shape index (κ3) is 3.89. The minimum absolute atomic E-state index is 0.0146. The highest BCUT2D eigenvalue weighted by atomic mass is 19.1. The van der Waals surface area contributed by atoms with Crippen molar-refractivity contribution in [3.05, 3.63) is 41.7 Å². The maximum absolute atomic E-state index is 14.3. The van der Waals surface area contributed by atoms with E-state index in [4.69, 9.17) is 0 Å². The summed E-state index contributed by atoms with van der Waals surface area (Å²) in [5.41, 5.74) is 0.946. The average Bonchev–Trinajstić information content (AvgIpc) is 3.18. The molecule has 6 nitrogen and oxygen atoms in total. The largest absolute Gasteiger partial charge is 0.367 e. The van der Waals surface area contributed by atoms with Gasteiger partial charge < -0.3 is 15.1 Å². The summed E-state index contributed by atoms with van der Waals surface area (Å²) < 4.78 is 30.3. The number of carbonyl (C=O) groups is 1. The molecule has 1 N–H and O–H groups in total. The molecule has 0 radical (unpaired) electrons. The van der Waals surface area contributed by atoms with Gasteiger partial charge in [-0.2, -0.15) is 5.10 Å². The summed E-state index contributed by atoms with van der Waals surface area (Å²) >= 11 is 0. The van der Waals surface area contributed by atoms with Gasteiger partial charge in [-0.25, -0.2) is 13.6 Å². The Kier molecular flexibility index (Phi) is 4.87. The normalized spacial score (nSPS) is 14.0. The monoisotopic (exact) mass is 349 g/mol. The second-order valence-electron chi connectivity index (χ2n) is 6.29. The molecule has 0 aliphatic carbocycles. The molecule has 0 atom stereocenters. The first-order valence-electron chi connectivity index (χ1n) is 8.17. The van der Waals surface area contributed by atoms with E-state index in [-0.39, 0.29) is 11.4 Å². The van der Waals surface area contributed by atoms with Crippen LogP contribution in [-0.4, -0.2) is 40.8 Å². The Labute approximate surface area is 145 Å². The van der Waals surface area contributed by atoms with Gasteiger partial charge in [-0.05, 0) is 25.0 Å². The number of hydrogen-bond acceptors (Lipinski definition) is 3. The standard InChI is InChI=1S/C17H21F2N5O/c1-22(10-12-9-20-23(2)11-12)17(25)21-13-7-14(18)16(15(19)8-13)24-5-3-4-6-24/h7-9,11H,3-6,10H2,1-2H3,(H,21,25). The maximum Gasteiger partial charge on any atom is 0.321 e. The molecule has 1 aliphatic heterocycles. The predicted octanol–water partition coefficient (Wildman–Crippen LogP) is 2.96. The number of benzene rings is 1. The number of nitrogens with one attached hydrogen (secondary N) is 1. The Morgan fingerprint density at radius 2 is 1.92 bits per heavy atom. The van der Waals surface area contributed by atoms with Crippen LogP contribution in [0.2, 0.25) is 0 Å². The Morgan fingerprint density at radius 3 is 2.48 bits per heavy atom. The highest BCUT2D eigenvalue weighted by Gasteiger charge is 2.21. The average molecular weight is 349 g/mol. The molecule has 1 saturated heterocycles. The maximum atomic E-state index is 14.3. The van der Waals surface area contributed by atoms with Crippen LogP contribution in [0.15, 0.2) is 24.5 Å². The first-order chi connectivity index (χ1) is 11.9. The van der Waals surface area contributed by atoms with Crippen LogP contribution in [0.3, 0.4) is 0 Å². The smallest absolute Gasteiger partial charge is 0.321 e. The fourth-order valence-electron chi connectivity index (χ4n) is 3.00. The fourth-order valence-corrected chi connectivity index (χ4v) is 3.00. The van der Waals surface area contributed by atoms with Crippen LogP contribution in [0.4, 0.5) is 25.0 Å². The molecule has 2 heterocycles. The number of halogens is 2. The molecule has 0 unspecified atom stereocenters. The van der Waals surface area contributed by atoms with Gasteiger partial charge in [-0.1, -0.05) is 0 Å². The lowest BCUT2D eigenvalue weighted by Gasteiger charge is -2.21. The van der Waals surface area contributed by atoms with Gasteiger partial charge in [-0.3, -0.25) is 4.68 Å². The molecule has 0 bridgehead atoms. The van der Waals surface area contributed by atoms with Crippen molar-refractivity contribution in [3.63, 3.8) is 0 Å². The second-order valence-corrected chi connectivity index (χ2v) is 6.29. The van der Waals surface area contributed by atoms with Gasteiger partial charge in [0.25, 0.3) is 0 Å². The number of carbonyl (C=O) groups excluding carboxylic acids is 1. The van der Waals surface area contributed by atoms with Crippen molar-refractivity contribution in [1.82, 2.24) is 14.7 Å². The number of amides is 2. The van der Waals surface area contributed by atoms with Crippen LogP contribution in [0.1, 0.15) is 18.4 Å². The fraction of sp³-hybridized carbons (Fsp3) is 0.412. The van der Waals surface area contributed by atoms with Gasteiger partial charge >= 0.3 is 6.03 Å². The minimum atomic E-state index is -0.660. The van der Waals surface area contributed by atoms with Crippen LogP contribution in [0, 0.1) is 11.6 Å². The van der Waals surface area contributed by atoms with Crippen LogP contribution in [0.5, 0.6) is 0 Å². The van der Waals surface area contributed by atoms with E-state index in [9.17, 15) is 13.6 Å². The summed E-state index contributed by atoms with van der Waals surface area (Å²) in [6.45, 7) is 1.64. The van der Waals surface area contributed by atoms with E-state index in [1.165, 1.54) is 4.90 Å². The highest BCUT2D eigenvalue weighted by molar-refractivity contribution is 5.89. The molecule has 2 amide bonds. The van der Waals surface area contributed by atoms with Gasteiger partial charge in [0.05, 0.1) is 12.7 Å². The number of anilines is 2. The third-order valence-electron chi connectivity index (χ3n) is 4.22. The van der Waals surface area contributed by atoms with Gasteiger partial charge in [0.15, 0.2) is 11.6 Å². The molecular formula is C17H21F2N5O. The zero-order valence-corrected chi connectivity index (χ0v) is 14.3. The molecule has 0 spiro atoms. The second kappa shape index (κ2) is 7.08. The minimum Gasteiger partial charge on any atom is -0.367 e. The molecule has 1 aromatic heterocycles. The zero-order valence-electron chi connectivity index (χ0n) is 14.3. The van der Waals surface area contributed by atoms with Crippen molar-refractivity contribution in [1.29, 1.82) is 0 Å². The molecule has 1 aromatic carbocycles. The van der Waals surface area contributed by atoms with E-state index in [2.05, 4.69) is 10.4 Å². The first-order valence-corrected chi connectivity index (χ1v) is 8.17. The van der Waals surface area contributed by atoms with Crippen molar-refractivity contribution in [2.45, 2.75) is 19.4 Å². The Morgan fingerprint density at radius 1 is 1.28 bits per heavy atom. The molecule has 8 heteroatoms. The molecule has 2 aromatic rings. The van der Waals surface area contributed by atoms with Crippen molar-refractivity contribution in [2.24, 2.45) is 7.05 Å². The molecule has 134 valence electrons. The molecule has 1 aliphatic rings. The van der Waals surface area contributed by atoms with Gasteiger partial charge in [0, 0.05) is 44.6 Å². The van der Waals surface area contributed by atoms with Crippen LogP contribution in [0.25, 0.3) is 0 Å². The predicted molar refractivity (Wildman–Crippen MR) is 91.5 cm³/mol. The Hall–Kier alpha value is -2.64. The lowest BCUT2D eigenvalue weighted by molar-refractivity contribution is 0.220. The number of aromatic nitrogens is 2. The Bertz CT molecular complexity index is 747. The van der Waals surface area contributed by atoms with E-state index in [0.717, 1.165) is 30.5 Å². The lowest BCUT2D eigenvalue weighted by Crippen LogP contribution is -2.31. The molecule has 3 rings (SSSR count). The summed E-state index contributed by atoms with van der Waals surface area (Å²) in [6.07, 6.45) is 5.31. The summed E-state index contributed by atoms with van der Waals surface area (Å²) in [6, 6.07) is 1.87. The third-order valence-corrected chi connectivity index (χ3v) is 4.22. The summed E-state index contributed by atoms with van der Waals surface area (Å²) in [5, 5.41) is 6.57. The molecule has 0 saturated carbocycles. The van der Waals surface area contributed by atoms with Crippen molar-refractivity contribution < 1.29 is 13.6 Å². The summed E-state index contributed by atoms with van der Waals surface area (Å²) in [7, 11) is 3.39. The van der Waals surface area contributed by atoms with Crippen LogP contribution >= 0.6 is 0 Å². The van der Waals surface area contributed by atoms with Gasteiger partial charge in [0.1, 0.15) is 5.69 Å². The van der Waals surface area contributed by atoms with Crippen molar-refractivity contribution >= 4 is 17.4 Å². The van der Waals surface area contributed by atoms with E-state index in [1.807, 2.05) is 0 Å². The van der Waals surface area contributed by atoms with E-state index in [1.54, 1.807) is 36.1 Å². The van der Waals surface area contributed by atoms with Gasteiger partial charge in [0.2, 0.25) is 0 Å². The highest BCUT2D eigenvalue weighted by Crippen LogP contribution is 2.29. The molecular weight excluding hydrogens is 328 g/mol. The van der Waals surface area contributed by atoms with E-state index < -0.39 is 17.7 Å². The Balaban J connectivity index is 1.68.